The fourth-order valence-corrected chi connectivity index (χ4v) is 3.05. The molecule has 0 atom stereocenters. The Labute approximate surface area is 138 Å². The quantitative estimate of drug-likeness (QED) is 0.490. The summed E-state index contributed by atoms with van der Waals surface area (Å²) in [6.45, 7) is 8.90. The van der Waals surface area contributed by atoms with Crippen molar-refractivity contribution < 1.29 is 9.47 Å². The molecule has 0 aliphatic carbocycles. The zero-order valence-electron chi connectivity index (χ0n) is 12.0. The van der Waals surface area contributed by atoms with Gasteiger partial charge >= 0.3 is 0 Å². The first-order valence-corrected chi connectivity index (χ1v) is 8.14. The maximum Gasteiger partial charge on any atom is 0.148 e. The van der Waals surface area contributed by atoms with E-state index >= 15 is 0 Å². The summed E-state index contributed by atoms with van der Waals surface area (Å²) in [5, 5.41) is 3.31. The maximum absolute atomic E-state index is 5.78. The van der Waals surface area contributed by atoms with Crippen LogP contribution in [0.5, 0.6) is 5.75 Å². The van der Waals surface area contributed by atoms with Gasteiger partial charge in [-0.3, -0.25) is 0 Å². The van der Waals surface area contributed by atoms with Gasteiger partial charge in [0, 0.05) is 20.2 Å². The van der Waals surface area contributed by atoms with E-state index in [2.05, 4.69) is 62.8 Å². The minimum Gasteiger partial charge on any atom is -0.487 e. The van der Waals surface area contributed by atoms with Crippen molar-refractivity contribution >= 4 is 31.9 Å². The molecule has 0 fully saturated rings. The Kier molecular flexibility index (Phi) is 8.45. The third-order valence-electron chi connectivity index (χ3n) is 2.79. The second-order valence-electron chi connectivity index (χ2n) is 4.45. The Bertz CT molecular complexity index is 426. The van der Waals surface area contributed by atoms with Crippen molar-refractivity contribution in [3.05, 3.63) is 38.8 Å². The van der Waals surface area contributed by atoms with Crippen LogP contribution in [0.4, 0.5) is 0 Å². The minimum atomic E-state index is 0.541. The highest BCUT2D eigenvalue weighted by Gasteiger charge is 2.09. The van der Waals surface area contributed by atoms with Crippen LogP contribution < -0.4 is 10.1 Å². The minimum absolute atomic E-state index is 0.541. The normalized spacial score (nSPS) is 10.6. The van der Waals surface area contributed by atoms with Gasteiger partial charge in [-0.1, -0.05) is 13.5 Å². The molecule has 0 heterocycles. The van der Waals surface area contributed by atoms with Gasteiger partial charge in [-0.15, -0.1) is 0 Å². The molecule has 0 amide bonds. The highest BCUT2D eigenvalue weighted by molar-refractivity contribution is 9.11. The van der Waals surface area contributed by atoms with Crippen LogP contribution in [-0.2, 0) is 11.3 Å². The molecule has 0 bridgehead atoms. The Hall–Kier alpha value is -0.360. The van der Waals surface area contributed by atoms with E-state index in [1.54, 1.807) is 7.11 Å². The van der Waals surface area contributed by atoms with Crippen LogP contribution in [0.1, 0.15) is 18.9 Å². The summed E-state index contributed by atoms with van der Waals surface area (Å²) in [5.41, 5.74) is 2.26. The van der Waals surface area contributed by atoms with Gasteiger partial charge < -0.3 is 14.8 Å². The molecular formula is C15H21Br2NO2. The maximum atomic E-state index is 5.78. The summed E-state index contributed by atoms with van der Waals surface area (Å²) in [6.07, 6.45) is 0.927. The van der Waals surface area contributed by atoms with Crippen LogP contribution in [0.25, 0.3) is 0 Å². The fraction of sp³-hybridized carbons (Fsp3) is 0.467. The average molecular weight is 407 g/mol. The van der Waals surface area contributed by atoms with E-state index in [0.717, 1.165) is 39.8 Å². The van der Waals surface area contributed by atoms with E-state index < -0.39 is 0 Å². The van der Waals surface area contributed by atoms with Gasteiger partial charge in [0.2, 0.25) is 0 Å². The van der Waals surface area contributed by atoms with Crippen molar-refractivity contribution in [2.45, 2.75) is 19.9 Å². The first kappa shape index (κ1) is 17.7. The molecule has 1 N–H and O–H groups in total. The van der Waals surface area contributed by atoms with Crippen molar-refractivity contribution in [2.24, 2.45) is 0 Å². The summed E-state index contributed by atoms with van der Waals surface area (Å²) in [6, 6.07) is 4.13. The zero-order valence-corrected chi connectivity index (χ0v) is 15.1. The molecule has 3 nitrogen and oxygen atoms in total. The summed E-state index contributed by atoms with van der Waals surface area (Å²) >= 11 is 7.11. The molecule has 0 unspecified atom stereocenters. The molecule has 0 radical (unpaired) electrons. The summed E-state index contributed by atoms with van der Waals surface area (Å²) in [7, 11) is 1.70. The van der Waals surface area contributed by atoms with E-state index in [1.165, 1.54) is 5.56 Å². The second-order valence-corrected chi connectivity index (χ2v) is 6.16. The molecular weight excluding hydrogens is 386 g/mol. The van der Waals surface area contributed by atoms with Gasteiger partial charge in [-0.25, -0.2) is 0 Å². The Balaban J connectivity index is 2.63. The van der Waals surface area contributed by atoms with E-state index in [0.29, 0.717) is 13.2 Å². The number of ether oxygens (including phenoxy) is 2. The topological polar surface area (TPSA) is 30.5 Å². The van der Waals surface area contributed by atoms with Crippen LogP contribution in [-0.4, -0.2) is 26.9 Å². The van der Waals surface area contributed by atoms with Gasteiger partial charge in [-0.05, 0) is 61.5 Å². The smallest absolute Gasteiger partial charge is 0.148 e. The third-order valence-corrected chi connectivity index (χ3v) is 3.97. The predicted molar refractivity (Wildman–Crippen MR) is 90.4 cm³/mol. The number of methoxy groups -OCH3 is 1. The molecule has 5 heteroatoms. The molecule has 20 heavy (non-hydrogen) atoms. The molecule has 112 valence electrons. The first-order chi connectivity index (χ1) is 9.58. The molecule has 1 aromatic rings. The largest absolute Gasteiger partial charge is 0.487 e. The van der Waals surface area contributed by atoms with Gasteiger partial charge in [-0.2, -0.15) is 0 Å². The van der Waals surface area contributed by atoms with Crippen LogP contribution >= 0.6 is 31.9 Å². The van der Waals surface area contributed by atoms with Crippen LogP contribution in [0.3, 0.4) is 0 Å². The SMILES string of the molecule is C=C(CC)COc1c(Br)cc(CNCCOC)cc1Br. The molecule has 1 aromatic carbocycles. The summed E-state index contributed by atoms with van der Waals surface area (Å²) in [4.78, 5) is 0. The number of halogens is 2. The van der Waals surface area contributed by atoms with E-state index in [9.17, 15) is 0 Å². The fourth-order valence-electron chi connectivity index (χ4n) is 1.54. The molecule has 1 rings (SSSR count). The molecule has 0 aliphatic heterocycles. The summed E-state index contributed by atoms with van der Waals surface area (Å²) < 4.78 is 12.7. The number of hydrogen-bond acceptors (Lipinski definition) is 3. The monoisotopic (exact) mass is 405 g/mol. The highest BCUT2D eigenvalue weighted by Crippen LogP contribution is 2.35. The lowest BCUT2D eigenvalue weighted by atomic mass is 10.2. The van der Waals surface area contributed by atoms with Crippen molar-refractivity contribution in [3.63, 3.8) is 0 Å². The van der Waals surface area contributed by atoms with Crippen molar-refractivity contribution in [1.29, 1.82) is 0 Å². The second kappa shape index (κ2) is 9.55. The number of benzene rings is 1. The lowest BCUT2D eigenvalue weighted by Gasteiger charge is -2.13. The number of rotatable bonds is 9. The lowest BCUT2D eigenvalue weighted by Crippen LogP contribution is -2.18. The van der Waals surface area contributed by atoms with E-state index in [1.807, 2.05) is 0 Å². The van der Waals surface area contributed by atoms with Gasteiger partial charge in [0.1, 0.15) is 12.4 Å². The standard InChI is InChI=1S/C15H21Br2NO2/c1-4-11(2)10-20-15-13(16)7-12(8-14(15)17)9-18-5-6-19-3/h7-8,18H,2,4-6,9-10H2,1,3H3. The molecule has 0 aromatic heterocycles. The number of nitrogens with one attached hydrogen (secondary N) is 1. The first-order valence-electron chi connectivity index (χ1n) is 6.55. The van der Waals surface area contributed by atoms with Crippen LogP contribution in [0.15, 0.2) is 33.2 Å². The van der Waals surface area contributed by atoms with Crippen LogP contribution in [0, 0.1) is 0 Å². The third kappa shape index (κ3) is 5.95. The Morgan fingerprint density at radius 3 is 2.50 bits per heavy atom. The lowest BCUT2D eigenvalue weighted by molar-refractivity contribution is 0.199. The van der Waals surface area contributed by atoms with Crippen molar-refractivity contribution in [3.8, 4) is 5.75 Å². The zero-order chi connectivity index (χ0) is 15.0. The van der Waals surface area contributed by atoms with Gasteiger partial charge in [0.15, 0.2) is 0 Å². The van der Waals surface area contributed by atoms with Gasteiger partial charge in [0.05, 0.1) is 15.6 Å². The van der Waals surface area contributed by atoms with E-state index in [-0.39, 0.29) is 0 Å². The molecule has 0 saturated heterocycles. The predicted octanol–water partition coefficient (Wildman–Crippen LogP) is 4.29. The average Bonchev–Trinajstić information content (AvgIpc) is 2.42. The van der Waals surface area contributed by atoms with E-state index in [4.69, 9.17) is 9.47 Å². The Morgan fingerprint density at radius 1 is 1.30 bits per heavy atom. The summed E-state index contributed by atoms with van der Waals surface area (Å²) in [5.74, 6) is 0.820. The highest BCUT2D eigenvalue weighted by atomic mass is 79.9. The van der Waals surface area contributed by atoms with Crippen molar-refractivity contribution in [2.75, 3.05) is 26.9 Å². The van der Waals surface area contributed by atoms with Gasteiger partial charge in [0.25, 0.3) is 0 Å². The molecule has 0 saturated carbocycles. The van der Waals surface area contributed by atoms with Crippen LogP contribution in [0.2, 0.25) is 0 Å². The molecule has 0 aliphatic rings. The number of hydrogen-bond donors (Lipinski definition) is 1. The Morgan fingerprint density at radius 2 is 1.95 bits per heavy atom. The van der Waals surface area contributed by atoms with Crippen molar-refractivity contribution in [1.82, 2.24) is 5.32 Å². The molecule has 0 spiro atoms.